The molecule has 0 bridgehead atoms. The molecule has 3 rings (SSSR count). The molecule has 0 unspecified atom stereocenters. The second-order valence-electron chi connectivity index (χ2n) is 5.52. The monoisotopic (exact) mass is 372 g/mol. The minimum atomic E-state index is 0.502. The smallest absolute Gasteiger partial charge is 0.229 e. The maximum atomic E-state index is 6.04. The Morgan fingerprint density at radius 2 is 1.72 bits per heavy atom. The first kappa shape index (κ1) is 17.5. The van der Waals surface area contributed by atoms with E-state index in [0.29, 0.717) is 16.0 Å². The van der Waals surface area contributed by atoms with Gasteiger partial charge in [0, 0.05) is 35.0 Å². The summed E-state index contributed by atoms with van der Waals surface area (Å²) in [6.07, 6.45) is 1.74. The van der Waals surface area contributed by atoms with Gasteiger partial charge < -0.3 is 10.2 Å². The molecule has 0 saturated carbocycles. The third kappa shape index (κ3) is 4.84. The van der Waals surface area contributed by atoms with E-state index in [1.807, 2.05) is 24.3 Å². The number of halogens is 2. The van der Waals surface area contributed by atoms with Crippen molar-refractivity contribution in [2.75, 3.05) is 16.8 Å². The van der Waals surface area contributed by atoms with Gasteiger partial charge in [0.25, 0.3) is 0 Å². The molecule has 2 aromatic carbocycles. The SMILES string of the molecule is CCN(Cc1ccccc1)c1ccnc(Nc2cc(Cl)cc(Cl)c2)n1. The van der Waals surface area contributed by atoms with E-state index in [1.165, 1.54) is 5.56 Å². The number of hydrogen-bond donors (Lipinski definition) is 1. The van der Waals surface area contributed by atoms with Crippen LogP contribution in [0.15, 0.2) is 60.8 Å². The van der Waals surface area contributed by atoms with Crippen molar-refractivity contribution in [2.24, 2.45) is 0 Å². The van der Waals surface area contributed by atoms with E-state index in [4.69, 9.17) is 23.2 Å². The first-order chi connectivity index (χ1) is 12.1. The van der Waals surface area contributed by atoms with Crippen LogP contribution in [0.3, 0.4) is 0 Å². The molecule has 6 heteroatoms. The average Bonchev–Trinajstić information content (AvgIpc) is 2.60. The van der Waals surface area contributed by atoms with Gasteiger partial charge in [0.2, 0.25) is 5.95 Å². The minimum absolute atomic E-state index is 0.502. The van der Waals surface area contributed by atoms with Crippen LogP contribution in [0.1, 0.15) is 12.5 Å². The van der Waals surface area contributed by atoms with Crippen molar-refractivity contribution in [1.29, 1.82) is 0 Å². The van der Waals surface area contributed by atoms with Crippen LogP contribution in [0.4, 0.5) is 17.5 Å². The molecule has 3 aromatic rings. The molecular formula is C19H18Cl2N4. The quantitative estimate of drug-likeness (QED) is 0.615. The molecule has 1 N–H and O–H groups in total. The number of rotatable bonds is 6. The zero-order valence-corrected chi connectivity index (χ0v) is 15.3. The van der Waals surface area contributed by atoms with Gasteiger partial charge in [-0.2, -0.15) is 4.98 Å². The zero-order valence-electron chi connectivity index (χ0n) is 13.8. The topological polar surface area (TPSA) is 41.1 Å². The van der Waals surface area contributed by atoms with Gasteiger partial charge in [0.15, 0.2) is 0 Å². The first-order valence-electron chi connectivity index (χ1n) is 7.99. The number of nitrogens with zero attached hydrogens (tertiary/aromatic N) is 3. The number of hydrogen-bond acceptors (Lipinski definition) is 4. The van der Waals surface area contributed by atoms with Gasteiger partial charge in [-0.3, -0.25) is 0 Å². The van der Waals surface area contributed by atoms with E-state index >= 15 is 0 Å². The lowest BCUT2D eigenvalue weighted by atomic mass is 10.2. The third-order valence-corrected chi connectivity index (χ3v) is 4.12. The van der Waals surface area contributed by atoms with E-state index in [2.05, 4.69) is 39.2 Å². The molecular weight excluding hydrogens is 355 g/mol. The Hall–Kier alpha value is -2.30. The lowest BCUT2D eigenvalue weighted by Gasteiger charge is -2.22. The van der Waals surface area contributed by atoms with Crippen molar-refractivity contribution in [2.45, 2.75) is 13.5 Å². The molecule has 0 spiro atoms. The first-order valence-corrected chi connectivity index (χ1v) is 8.74. The molecule has 0 aliphatic carbocycles. The highest BCUT2D eigenvalue weighted by atomic mass is 35.5. The van der Waals surface area contributed by atoms with Gasteiger partial charge in [0.05, 0.1) is 0 Å². The van der Waals surface area contributed by atoms with Gasteiger partial charge in [-0.05, 0) is 36.8 Å². The van der Waals surface area contributed by atoms with Crippen LogP contribution in [0.2, 0.25) is 10.0 Å². The van der Waals surface area contributed by atoms with Crippen molar-refractivity contribution in [3.05, 3.63) is 76.4 Å². The maximum absolute atomic E-state index is 6.04. The van der Waals surface area contributed by atoms with Crippen LogP contribution >= 0.6 is 23.2 Å². The summed E-state index contributed by atoms with van der Waals surface area (Å²) in [4.78, 5) is 11.1. The standard InChI is InChI=1S/C19H18Cl2N4/c1-2-25(13-14-6-4-3-5-7-14)18-8-9-22-19(24-18)23-17-11-15(20)10-16(21)12-17/h3-12H,2,13H2,1H3,(H,22,23,24). The van der Waals surface area contributed by atoms with Gasteiger partial charge in [-0.15, -0.1) is 0 Å². The fraction of sp³-hybridized carbons (Fsp3) is 0.158. The maximum Gasteiger partial charge on any atom is 0.229 e. The van der Waals surface area contributed by atoms with Gasteiger partial charge in [-0.25, -0.2) is 4.98 Å². The molecule has 0 radical (unpaired) electrons. The Balaban J connectivity index is 1.79. The highest BCUT2D eigenvalue weighted by Crippen LogP contribution is 2.25. The number of anilines is 3. The Morgan fingerprint density at radius 1 is 1.00 bits per heavy atom. The third-order valence-electron chi connectivity index (χ3n) is 3.68. The fourth-order valence-corrected chi connectivity index (χ4v) is 3.03. The van der Waals surface area contributed by atoms with Crippen molar-refractivity contribution in [1.82, 2.24) is 9.97 Å². The predicted molar refractivity (Wildman–Crippen MR) is 105 cm³/mol. The van der Waals surface area contributed by atoms with Crippen LogP contribution in [-0.2, 0) is 6.54 Å². The lowest BCUT2D eigenvalue weighted by molar-refractivity contribution is 0.811. The van der Waals surface area contributed by atoms with Gasteiger partial charge in [0.1, 0.15) is 5.82 Å². The molecule has 0 aliphatic heterocycles. The van der Waals surface area contributed by atoms with E-state index in [1.54, 1.807) is 24.4 Å². The molecule has 128 valence electrons. The normalized spacial score (nSPS) is 10.5. The summed E-state index contributed by atoms with van der Waals surface area (Å²) in [6.45, 7) is 3.74. The summed E-state index contributed by atoms with van der Waals surface area (Å²) < 4.78 is 0. The molecule has 4 nitrogen and oxygen atoms in total. The summed E-state index contributed by atoms with van der Waals surface area (Å²) in [5, 5.41) is 4.27. The number of aromatic nitrogens is 2. The van der Waals surface area contributed by atoms with Crippen LogP contribution < -0.4 is 10.2 Å². The Kier molecular flexibility index (Phi) is 5.74. The Morgan fingerprint density at radius 3 is 2.40 bits per heavy atom. The van der Waals surface area contributed by atoms with E-state index < -0.39 is 0 Å². The highest BCUT2D eigenvalue weighted by molar-refractivity contribution is 6.35. The fourth-order valence-electron chi connectivity index (χ4n) is 2.50. The summed E-state index contributed by atoms with van der Waals surface area (Å²) in [5.74, 6) is 1.36. The average molecular weight is 373 g/mol. The zero-order chi connectivity index (χ0) is 17.6. The van der Waals surface area contributed by atoms with E-state index in [0.717, 1.165) is 24.6 Å². The molecule has 0 amide bonds. The summed E-state index contributed by atoms with van der Waals surface area (Å²) in [7, 11) is 0. The number of nitrogens with one attached hydrogen (secondary N) is 1. The molecule has 0 saturated heterocycles. The van der Waals surface area contributed by atoms with Gasteiger partial charge in [-0.1, -0.05) is 53.5 Å². The minimum Gasteiger partial charge on any atom is -0.352 e. The Bertz CT molecular complexity index is 820. The van der Waals surface area contributed by atoms with Crippen LogP contribution in [0.5, 0.6) is 0 Å². The second kappa shape index (κ2) is 8.19. The number of benzene rings is 2. The molecule has 25 heavy (non-hydrogen) atoms. The van der Waals surface area contributed by atoms with Crippen LogP contribution in [0, 0.1) is 0 Å². The van der Waals surface area contributed by atoms with Gasteiger partial charge >= 0.3 is 0 Å². The van der Waals surface area contributed by atoms with Crippen molar-refractivity contribution >= 4 is 40.7 Å². The van der Waals surface area contributed by atoms with E-state index in [-0.39, 0.29) is 0 Å². The molecule has 0 fully saturated rings. The van der Waals surface area contributed by atoms with Crippen LogP contribution in [0.25, 0.3) is 0 Å². The summed E-state index contributed by atoms with van der Waals surface area (Å²) in [6, 6.07) is 17.5. The highest BCUT2D eigenvalue weighted by Gasteiger charge is 2.09. The predicted octanol–water partition coefficient (Wildman–Crippen LogP) is 5.55. The lowest BCUT2D eigenvalue weighted by Crippen LogP contribution is -2.23. The molecule has 1 aromatic heterocycles. The molecule has 0 aliphatic rings. The Labute approximate surface area is 157 Å². The largest absolute Gasteiger partial charge is 0.352 e. The summed E-state index contributed by atoms with van der Waals surface area (Å²) >= 11 is 12.1. The van der Waals surface area contributed by atoms with E-state index in [9.17, 15) is 0 Å². The molecule has 1 heterocycles. The van der Waals surface area contributed by atoms with Crippen molar-refractivity contribution in [3.63, 3.8) is 0 Å². The second-order valence-corrected chi connectivity index (χ2v) is 6.39. The van der Waals surface area contributed by atoms with Crippen molar-refractivity contribution < 1.29 is 0 Å². The van der Waals surface area contributed by atoms with Crippen molar-refractivity contribution in [3.8, 4) is 0 Å². The summed E-state index contributed by atoms with van der Waals surface area (Å²) in [5.41, 5.74) is 1.99. The molecule has 0 atom stereocenters. The van der Waals surface area contributed by atoms with Crippen LogP contribution in [-0.4, -0.2) is 16.5 Å².